The van der Waals surface area contributed by atoms with Crippen LogP contribution < -0.4 is 10.1 Å². The van der Waals surface area contributed by atoms with Gasteiger partial charge in [-0.3, -0.25) is 9.69 Å². The zero-order valence-electron chi connectivity index (χ0n) is 17.3. The van der Waals surface area contributed by atoms with Gasteiger partial charge in [0.15, 0.2) is 0 Å². The van der Waals surface area contributed by atoms with Crippen LogP contribution in [0, 0.1) is 0 Å². The number of piperidine rings is 1. The van der Waals surface area contributed by atoms with Crippen LogP contribution in [0.25, 0.3) is 10.4 Å². The Bertz CT molecular complexity index is 1070. The van der Waals surface area contributed by atoms with Crippen molar-refractivity contribution in [2.24, 2.45) is 0 Å². The number of nitrogens with zero attached hydrogens (tertiary/aromatic N) is 1. The van der Waals surface area contributed by atoms with Crippen LogP contribution in [0.15, 0.2) is 54.6 Å². The number of thiophene rings is 1. The lowest BCUT2D eigenvalue weighted by Gasteiger charge is -2.29. The van der Waals surface area contributed by atoms with Gasteiger partial charge >= 0.3 is 0 Å². The summed E-state index contributed by atoms with van der Waals surface area (Å²) in [6, 6.07) is 18.3. The molecule has 0 bridgehead atoms. The molecule has 5 rings (SSSR count). The molecule has 0 atom stereocenters. The van der Waals surface area contributed by atoms with Crippen molar-refractivity contribution < 1.29 is 14.6 Å². The standard InChI is InChI=1S/C25H26N2O3S/c28-20-9-11-27(12-10-20)15-18-7-5-17(6-8-18)14-26-25(29)23-13-19-16-30-22-4-2-1-3-21(22)24(19)31-23/h1-8,13,20,28H,9-12,14-16H2,(H,26,29). The maximum Gasteiger partial charge on any atom is 0.261 e. The van der Waals surface area contributed by atoms with Crippen LogP contribution in [0.4, 0.5) is 0 Å². The van der Waals surface area contributed by atoms with Crippen LogP contribution in [0.2, 0.25) is 0 Å². The molecule has 3 aromatic rings. The number of hydrogen-bond acceptors (Lipinski definition) is 5. The number of rotatable bonds is 5. The van der Waals surface area contributed by atoms with E-state index in [-0.39, 0.29) is 12.0 Å². The fraction of sp³-hybridized carbons (Fsp3) is 0.320. The van der Waals surface area contributed by atoms with Gasteiger partial charge in [-0.05, 0) is 42.2 Å². The van der Waals surface area contributed by atoms with Crippen LogP contribution in [-0.2, 0) is 19.7 Å². The summed E-state index contributed by atoms with van der Waals surface area (Å²) in [5.74, 6) is 0.831. The van der Waals surface area contributed by atoms with Crippen molar-refractivity contribution in [3.05, 3.63) is 76.2 Å². The summed E-state index contributed by atoms with van der Waals surface area (Å²) < 4.78 is 5.80. The Balaban J connectivity index is 1.18. The van der Waals surface area contributed by atoms with Crippen LogP contribution in [0.1, 0.15) is 39.2 Å². The number of hydrogen-bond donors (Lipinski definition) is 2. The van der Waals surface area contributed by atoms with E-state index in [4.69, 9.17) is 4.74 Å². The highest BCUT2D eigenvalue weighted by Gasteiger charge is 2.22. The zero-order valence-corrected chi connectivity index (χ0v) is 18.2. The summed E-state index contributed by atoms with van der Waals surface area (Å²) in [5.41, 5.74) is 4.48. The molecule has 3 heterocycles. The molecular formula is C25H26N2O3S. The van der Waals surface area contributed by atoms with Crippen LogP contribution in [0.5, 0.6) is 5.75 Å². The zero-order chi connectivity index (χ0) is 21.2. The maximum absolute atomic E-state index is 12.7. The normalized spacial score (nSPS) is 16.3. The molecule has 160 valence electrons. The van der Waals surface area contributed by atoms with Gasteiger partial charge in [-0.1, -0.05) is 36.4 Å². The molecule has 0 unspecified atom stereocenters. The number of carbonyl (C=O) groups is 1. The lowest BCUT2D eigenvalue weighted by Crippen LogP contribution is -2.35. The predicted octanol–water partition coefficient (Wildman–Crippen LogP) is 4.19. The molecule has 1 amide bonds. The lowest BCUT2D eigenvalue weighted by atomic mass is 10.1. The number of likely N-dealkylation sites (tertiary alicyclic amines) is 1. The first-order chi connectivity index (χ1) is 15.2. The number of fused-ring (bicyclic) bond motifs is 3. The fourth-order valence-corrected chi connectivity index (χ4v) is 5.29. The van der Waals surface area contributed by atoms with Gasteiger partial charge in [0, 0.05) is 42.2 Å². The Hall–Kier alpha value is -2.67. The average Bonchev–Trinajstić information content (AvgIpc) is 3.25. The highest BCUT2D eigenvalue weighted by Crippen LogP contribution is 2.42. The lowest BCUT2D eigenvalue weighted by molar-refractivity contribution is 0.0792. The molecular weight excluding hydrogens is 408 g/mol. The fourth-order valence-electron chi connectivity index (χ4n) is 4.18. The molecule has 5 nitrogen and oxygen atoms in total. The Morgan fingerprint density at radius 1 is 1.10 bits per heavy atom. The minimum atomic E-state index is -0.140. The van der Waals surface area contributed by atoms with Gasteiger partial charge in [0.2, 0.25) is 0 Å². The molecule has 2 aliphatic heterocycles. The number of aliphatic hydroxyl groups excluding tert-OH is 1. The monoisotopic (exact) mass is 434 g/mol. The summed E-state index contributed by atoms with van der Waals surface area (Å²) in [4.78, 5) is 17.0. The Labute approximate surface area is 186 Å². The van der Waals surface area contributed by atoms with Crippen molar-refractivity contribution >= 4 is 17.2 Å². The Morgan fingerprint density at radius 2 is 1.84 bits per heavy atom. The van der Waals surface area contributed by atoms with E-state index in [1.54, 1.807) is 0 Å². The van der Waals surface area contributed by atoms with Crippen molar-refractivity contribution in [1.82, 2.24) is 10.2 Å². The number of benzene rings is 2. The number of para-hydroxylation sites is 1. The molecule has 2 N–H and O–H groups in total. The number of carbonyl (C=O) groups excluding carboxylic acids is 1. The molecule has 0 radical (unpaired) electrons. The highest BCUT2D eigenvalue weighted by molar-refractivity contribution is 7.17. The molecule has 1 saturated heterocycles. The van der Waals surface area contributed by atoms with Crippen LogP contribution in [0.3, 0.4) is 0 Å². The number of aliphatic hydroxyl groups is 1. The highest BCUT2D eigenvalue weighted by atomic mass is 32.1. The Morgan fingerprint density at radius 3 is 2.65 bits per heavy atom. The molecule has 0 saturated carbocycles. The van der Waals surface area contributed by atoms with Gasteiger partial charge in [0.25, 0.3) is 5.91 Å². The number of amides is 1. The second-order valence-electron chi connectivity index (χ2n) is 8.26. The second-order valence-corrected chi connectivity index (χ2v) is 9.31. The maximum atomic E-state index is 12.7. The van der Waals surface area contributed by atoms with Gasteiger partial charge in [-0.25, -0.2) is 0 Å². The summed E-state index contributed by atoms with van der Waals surface area (Å²) in [6.45, 7) is 3.81. The van der Waals surface area contributed by atoms with Gasteiger partial charge in [0.05, 0.1) is 11.0 Å². The van der Waals surface area contributed by atoms with Gasteiger partial charge in [-0.15, -0.1) is 11.3 Å². The second kappa shape index (κ2) is 8.83. The molecule has 0 spiro atoms. The Kier molecular flexibility index (Phi) is 5.76. The third kappa shape index (κ3) is 4.51. The van der Waals surface area contributed by atoms with Crippen LogP contribution >= 0.6 is 11.3 Å². The van der Waals surface area contributed by atoms with E-state index in [2.05, 4.69) is 34.5 Å². The molecule has 2 aliphatic rings. The summed E-state index contributed by atoms with van der Waals surface area (Å²) in [7, 11) is 0. The van der Waals surface area contributed by atoms with E-state index in [9.17, 15) is 9.90 Å². The van der Waals surface area contributed by atoms with Gasteiger partial charge in [0.1, 0.15) is 12.4 Å². The molecule has 6 heteroatoms. The molecule has 0 aliphatic carbocycles. The summed E-state index contributed by atoms with van der Waals surface area (Å²) in [6.07, 6.45) is 1.57. The van der Waals surface area contributed by atoms with E-state index < -0.39 is 0 Å². The van der Waals surface area contributed by atoms with E-state index in [1.165, 1.54) is 16.9 Å². The topological polar surface area (TPSA) is 61.8 Å². The SMILES string of the molecule is O=C(NCc1ccc(CN2CCC(O)CC2)cc1)c1cc2c(s1)-c1ccccc1OC2. The first kappa shape index (κ1) is 20.2. The van der Waals surface area contributed by atoms with E-state index in [1.807, 2.05) is 30.3 Å². The minimum absolute atomic E-state index is 0.0483. The molecule has 1 fully saturated rings. The number of ether oxygens (including phenoxy) is 1. The summed E-state index contributed by atoms with van der Waals surface area (Å²) >= 11 is 1.53. The third-order valence-electron chi connectivity index (χ3n) is 5.99. The molecule has 2 aromatic carbocycles. The van der Waals surface area contributed by atoms with E-state index in [0.29, 0.717) is 18.0 Å². The third-order valence-corrected chi connectivity index (χ3v) is 7.20. The van der Waals surface area contributed by atoms with Crippen LogP contribution in [-0.4, -0.2) is 35.1 Å². The smallest absolute Gasteiger partial charge is 0.261 e. The van der Waals surface area contributed by atoms with Crippen molar-refractivity contribution in [2.45, 2.75) is 38.6 Å². The average molecular weight is 435 g/mol. The first-order valence-corrected chi connectivity index (χ1v) is 11.6. The quantitative estimate of drug-likeness (QED) is 0.632. The van der Waals surface area contributed by atoms with Gasteiger partial charge < -0.3 is 15.2 Å². The molecule has 1 aromatic heterocycles. The van der Waals surface area contributed by atoms with Crippen molar-refractivity contribution in [2.75, 3.05) is 13.1 Å². The van der Waals surface area contributed by atoms with Crippen molar-refractivity contribution in [3.63, 3.8) is 0 Å². The van der Waals surface area contributed by atoms with Crippen molar-refractivity contribution in [3.8, 4) is 16.2 Å². The van der Waals surface area contributed by atoms with Crippen molar-refractivity contribution in [1.29, 1.82) is 0 Å². The largest absolute Gasteiger partial charge is 0.488 e. The van der Waals surface area contributed by atoms with E-state index >= 15 is 0 Å². The first-order valence-electron chi connectivity index (χ1n) is 10.8. The minimum Gasteiger partial charge on any atom is -0.488 e. The summed E-state index contributed by atoms with van der Waals surface area (Å²) in [5, 5.41) is 12.7. The molecule has 31 heavy (non-hydrogen) atoms. The van der Waals surface area contributed by atoms with Gasteiger partial charge in [-0.2, -0.15) is 0 Å². The van der Waals surface area contributed by atoms with E-state index in [0.717, 1.165) is 59.8 Å². The number of nitrogens with one attached hydrogen (secondary N) is 1. The predicted molar refractivity (Wildman–Crippen MR) is 122 cm³/mol.